The van der Waals surface area contributed by atoms with Crippen LogP contribution in [0.5, 0.6) is 11.5 Å². The molecule has 0 bridgehead atoms. The minimum atomic E-state index is -1.96. The van der Waals surface area contributed by atoms with Gasteiger partial charge >= 0.3 is 0 Å². The number of nitrogens with one attached hydrogen (secondary N) is 2. The number of rotatable bonds is 5. The maximum absolute atomic E-state index is 14.3. The molecule has 11 heteroatoms. The number of carbonyl (C=O) groups excluding carboxylic acids is 1. The summed E-state index contributed by atoms with van der Waals surface area (Å²) in [6, 6.07) is 4.12. The zero-order valence-electron chi connectivity index (χ0n) is 12.9. The molecular weight excluding hydrogens is 351 g/mol. The predicted molar refractivity (Wildman–Crippen MR) is 90.1 cm³/mol. The molecule has 9 nitrogen and oxygen atoms in total. The third kappa shape index (κ3) is 3.55. The topological polar surface area (TPSA) is 139 Å². The summed E-state index contributed by atoms with van der Waals surface area (Å²) >= 11 is 0.571. The van der Waals surface area contributed by atoms with Gasteiger partial charge in [-0.1, -0.05) is 11.8 Å². The number of H-pyrrole nitrogens is 1. The van der Waals surface area contributed by atoms with Crippen LogP contribution in [0.15, 0.2) is 29.6 Å². The smallest absolute Gasteiger partial charge is 0.269 e. The van der Waals surface area contributed by atoms with Crippen molar-refractivity contribution in [2.45, 2.75) is 10.5 Å². The molecule has 2 aromatic heterocycles. The molecule has 0 fully saturated rings. The fraction of sp³-hybridized carbons (Fsp3) is 0.143. The van der Waals surface area contributed by atoms with E-state index < -0.39 is 11.4 Å². The number of benzene rings is 1. The molecule has 0 aliphatic carbocycles. The Labute approximate surface area is 144 Å². The van der Waals surface area contributed by atoms with E-state index in [1.54, 1.807) is 0 Å². The molecule has 0 radical (unpaired) electrons. The van der Waals surface area contributed by atoms with Crippen LogP contribution in [0.2, 0.25) is 0 Å². The minimum Gasteiger partial charge on any atom is -0.504 e. The molecule has 1 aromatic carbocycles. The summed E-state index contributed by atoms with van der Waals surface area (Å²) in [5.41, 5.74) is 4.55. The summed E-state index contributed by atoms with van der Waals surface area (Å²) in [6.45, 7) is 0. The van der Waals surface area contributed by atoms with Crippen LogP contribution in [0.25, 0.3) is 11.2 Å². The van der Waals surface area contributed by atoms with Gasteiger partial charge in [-0.2, -0.15) is 4.98 Å². The van der Waals surface area contributed by atoms with Crippen LogP contribution in [-0.4, -0.2) is 43.6 Å². The third-order valence-electron chi connectivity index (χ3n) is 3.14. The number of thioether (sulfide) groups is 1. The lowest BCUT2D eigenvalue weighted by atomic mass is 10.2. The summed E-state index contributed by atoms with van der Waals surface area (Å²) in [5.74, 6) is -0.908. The van der Waals surface area contributed by atoms with Crippen molar-refractivity contribution in [3.05, 3.63) is 24.5 Å². The van der Waals surface area contributed by atoms with Crippen molar-refractivity contribution in [2.75, 3.05) is 18.2 Å². The number of amides is 1. The second kappa shape index (κ2) is 6.81. The fourth-order valence-corrected chi connectivity index (χ4v) is 2.79. The SMILES string of the molecule is COc1cc(NC(=O)C(F)Sc2nc(N)nc3nc[nH]c23)ccc1O. The fourth-order valence-electron chi connectivity index (χ4n) is 2.01. The number of imidazole rings is 1. The summed E-state index contributed by atoms with van der Waals surface area (Å²) in [5, 5.41) is 12.1. The number of nitrogen functional groups attached to an aromatic ring is 1. The zero-order chi connectivity index (χ0) is 18.0. The van der Waals surface area contributed by atoms with Gasteiger partial charge in [0.2, 0.25) is 11.5 Å². The highest BCUT2D eigenvalue weighted by atomic mass is 32.2. The van der Waals surface area contributed by atoms with E-state index in [0.717, 1.165) is 0 Å². The van der Waals surface area contributed by atoms with Crippen molar-refractivity contribution < 1.29 is 19.0 Å². The Hall–Kier alpha value is -3.08. The van der Waals surface area contributed by atoms with E-state index >= 15 is 0 Å². The Balaban J connectivity index is 1.75. The number of phenols is 1. The number of aromatic nitrogens is 4. The van der Waals surface area contributed by atoms with Crippen molar-refractivity contribution in [3.63, 3.8) is 0 Å². The first-order chi connectivity index (χ1) is 12.0. The minimum absolute atomic E-state index is 0.0713. The number of anilines is 2. The molecule has 0 aliphatic rings. The largest absolute Gasteiger partial charge is 0.504 e. The second-order valence-corrected chi connectivity index (χ2v) is 5.83. The van der Waals surface area contributed by atoms with E-state index in [1.165, 1.54) is 31.6 Å². The number of hydrogen-bond acceptors (Lipinski definition) is 8. The molecule has 0 saturated heterocycles. The van der Waals surface area contributed by atoms with Crippen LogP contribution < -0.4 is 15.8 Å². The molecule has 25 heavy (non-hydrogen) atoms. The summed E-state index contributed by atoms with van der Waals surface area (Å²) in [4.78, 5) is 26.6. The Kier molecular flexibility index (Phi) is 4.57. The lowest BCUT2D eigenvalue weighted by Crippen LogP contribution is -2.21. The maximum Gasteiger partial charge on any atom is 0.269 e. The first-order valence-electron chi connectivity index (χ1n) is 6.93. The van der Waals surface area contributed by atoms with E-state index in [2.05, 4.69) is 25.3 Å². The quantitative estimate of drug-likeness (QED) is 0.305. The lowest BCUT2D eigenvalue weighted by molar-refractivity contribution is -0.118. The van der Waals surface area contributed by atoms with Crippen molar-refractivity contribution in [1.29, 1.82) is 0 Å². The van der Waals surface area contributed by atoms with Crippen molar-refractivity contribution in [1.82, 2.24) is 19.9 Å². The number of phenolic OH excluding ortho intramolecular Hbond substituents is 1. The monoisotopic (exact) mass is 364 g/mol. The number of hydrogen-bond donors (Lipinski definition) is 4. The van der Waals surface area contributed by atoms with Gasteiger partial charge in [0.1, 0.15) is 10.5 Å². The van der Waals surface area contributed by atoms with Crippen molar-refractivity contribution in [3.8, 4) is 11.5 Å². The molecule has 3 rings (SSSR count). The van der Waals surface area contributed by atoms with Gasteiger partial charge in [-0.15, -0.1) is 0 Å². The number of ether oxygens (including phenoxy) is 1. The van der Waals surface area contributed by atoms with E-state index in [0.29, 0.717) is 17.3 Å². The van der Waals surface area contributed by atoms with Crippen LogP contribution in [0.3, 0.4) is 0 Å². The van der Waals surface area contributed by atoms with Crippen molar-refractivity contribution >= 4 is 40.5 Å². The third-order valence-corrected chi connectivity index (χ3v) is 4.08. The predicted octanol–water partition coefficient (Wildman–Crippen LogP) is 1.68. The average molecular weight is 364 g/mol. The molecule has 2 heterocycles. The van der Waals surface area contributed by atoms with Gasteiger partial charge in [-0.25, -0.2) is 14.4 Å². The number of methoxy groups -OCH3 is 1. The van der Waals surface area contributed by atoms with Gasteiger partial charge in [-0.05, 0) is 12.1 Å². The average Bonchev–Trinajstić information content (AvgIpc) is 3.04. The number of halogens is 1. The Morgan fingerprint density at radius 1 is 1.48 bits per heavy atom. The Morgan fingerprint density at radius 2 is 2.28 bits per heavy atom. The Morgan fingerprint density at radius 3 is 3.04 bits per heavy atom. The van der Waals surface area contributed by atoms with E-state index in [1.807, 2.05) is 0 Å². The highest BCUT2D eigenvalue weighted by Crippen LogP contribution is 2.31. The van der Waals surface area contributed by atoms with Gasteiger partial charge in [0.25, 0.3) is 5.91 Å². The number of nitrogens with zero attached hydrogens (tertiary/aromatic N) is 3. The van der Waals surface area contributed by atoms with Gasteiger partial charge in [-0.3, -0.25) is 4.79 Å². The van der Waals surface area contributed by atoms with Gasteiger partial charge < -0.3 is 25.9 Å². The molecule has 0 aliphatic heterocycles. The molecule has 5 N–H and O–H groups in total. The number of carbonyl (C=O) groups is 1. The number of aromatic hydroxyl groups is 1. The summed E-state index contributed by atoms with van der Waals surface area (Å²) < 4.78 is 19.3. The molecule has 0 spiro atoms. The van der Waals surface area contributed by atoms with E-state index in [-0.39, 0.29) is 33.8 Å². The van der Waals surface area contributed by atoms with E-state index in [4.69, 9.17) is 10.5 Å². The van der Waals surface area contributed by atoms with E-state index in [9.17, 15) is 14.3 Å². The maximum atomic E-state index is 14.3. The normalized spacial score (nSPS) is 12.1. The first-order valence-corrected chi connectivity index (χ1v) is 7.81. The first kappa shape index (κ1) is 16.8. The van der Waals surface area contributed by atoms with Crippen LogP contribution in [0.4, 0.5) is 16.0 Å². The Bertz CT molecular complexity index is 934. The summed E-state index contributed by atoms with van der Waals surface area (Å²) in [6.07, 6.45) is 1.37. The molecule has 0 saturated carbocycles. The van der Waals surface area contributed by atoms with Gasteiger partial charge in [0.15, 0.2) is 17.1 Å². The number of fused-ring (bicyclic) bond motifs is 1. The zero-order valence-corrected chi connectivity index (χ0v) is 13.7. The van der Waals surface area contributed by atoms with Gasteiger partial charge in [0, 0.05) is 11.8 Å². The van der Waals surface area contributed by atoms with Crippen molar-refractivity contribution in [2.24, 2.45) is 0 Å². The molecular formula is C14H13FN6O3S. The number of aromatic amines is 1. The molecule has 1 unspecified atom stereocenters. The molecule has 1 atom stereocenters. The van der Waals surface area contributed by atoms with Crippen LogP contribution in [-0.2, 0) is 4.79 Å². The van der Waals surface area contributed by atoms with Crippen LogP contribution in [0, 0.1) is 0 Å². The van der Waals surface area contributed by atoms with Gasteiger partial charge in [0.05, 0.1) is 13.4 Å². The second-order valence-electron chi connectivity index (χ2n) is 4.80. The standard InChI is InChI=1S/C14H13FN6O3S/c1-24-8-4-6(2-3-7(8)22)19-12(23)10(15)25-13-9-11(18-5-17-9)20-14(16)21-13/h2-5,10,22H,1H3,(H,19,23)(H3,16,17,18,20,21). The lowest BCUT2D eigenvalue weighted by Gasteiger charge is -2.11. The molecule has 1 amide bonds. The molecule has 130 valence electrons. The highest BCUT2D eigenvalue weighted by Gasteiger charge is 2.22. The van der Waals surface area contributed by atoms with Crippen LogP contribution >= 0.6 is 11.8 Å². The highest BCUT2D eigenvalue weighted by molar-refractivity contribution is 8.00. The number of alkyl halides is 1. The summed E-state index contributed by atoms with van der Waals surface area (Å²) in [7, 11) is 1.36. The number of nitrogens with two attached hydrogens (primary N) is 1. The van der Waals surface area contributed by atoms with Crippen LogP contribution in [0.1, 0.15) is 0 Å². The molecule has 3 aromatic rings.